The number of aromatic nitrogens is 5. The Labute approximate surface area is 544 Å². The number of sulfone groups is 3. The van der Waals surface area contributed by atoms with Gasteiger partial charge in [0.2, 0.25) is 0 Å². The summed E-state index contributed by atoms with van der Waals surface area (Å²) >= 11 is 0. The first-order valence-corrected chi connectivity index (χ1v) is 34.0. The predicted molar refractivity (Wildman–Crippen MR) is 344 cm³/mol. The Kier molecular flexibility index (Phi) is 20.8. The minimum atomic E-state index is -4.63. The Morgan fingerprint density at radius 3 is 1.55 bits per heavy atom. The summed E-state index contributed by atoms with van der Waals surface area (Å²) < 4.78 is 122. The normalized spacial score (nSPS) is 12.2. The van der Waals surface area contributed by atoms with Gasteiger partial charge in [-0.3, -0.25) is 4.98 Å². The van der Waals surface area contributed by atoms with E-state index in [0.29, 0.717) is 85.3 Å². The predicted octanol–water partition coefficient (Wildman–Crippen LogP) is 13.2. The number of benzene rings is 8. The van der Waals surface area contributed by atoms with Crippen LogP contribution < -0.4 is 0 Å². The largest absolute Gasteiger partial charge is 0.478 e. The van der Waals surface area contributed by atoms with Crippen molar-refractivity contribution in [2.75, 3.05) is 0 Å². The highest BCUT2D eigenvalue weighted by molar-refractivity contribution is 7.91. The third kappa shape index (κ3) is 16.4. The van der Waals surface area contributed by atoms with E-state index in [-0.39, 0.29) is 54.4 Å². The lowest BCUT2D eigenvalue weighted by atomic mass is 9.98. The zero-order valence-corrected chi connectivity index (χ0v) is 53.0. The molecule has 19 nitrogen and oxygen atoms in total. The number of alkyl halides is 3. The van der Waals surface area contributed by atoms with Crippen LogP contribution in [0.2, 0.25) is 0 Å². The van der Waals surface area contributed by atoms with Gasteiger partial charge in [-0.1, -0.05) is 98.8 Å². The molecule has 2 heterocycles. The SMILES string of the molecule is CCc1ccc(C(=O)O)cc1S(=O)(=O)Cc1cc(-n2cnnn2)ccc1-c1cccc(C#N)c1.CCc1ccc(C(=O)O)cc1S(=O)(=O)Cc1cc(C#N)ccc1-c1cccnc1.O=C(O)c1ccc(C2CC2)c(S(=O)(=O)Cc2cc(C(F)(F)F)ccc2-c2ccccc2)c1. The molecule has 11 rings (SSSR count). The number of halogens is 3. The van der Waals surface area contributed by atoms with Gasteiger partial charge in [0.05, 0.1) is 83.2 Å². The van der Waals surface area contributed by atoms with Crippen LogP contribution in [0.15, 0.2) is 209 Å². The Bertz CT molecular complexity index is 5020. The van der Waals surface area contributed by atoms with Gasteiger partial charge in [-0.15, -0.1) is 5.10 Å². The van der Waals surface area contributed by atoms with Crippen molar-refractivity contribution in [1.82, 2.24) is 25.2 Å². The smallest absolute Gasteiger partial charge is 0.416 e. The molecule has 25 heteroatoms. The summed E-state index contributed by atoms with van der Waals surface area (Å²) in [7, 11) is -11.9. The highest BCUT2D eigenvalue weighted by Gasteiger charge is 2.35. The average Bonchev–Trinajstić information content (AvgIpc) is 1.66. The lowest BCUT2D eigenvalue weighted by Gasteiger charge is -2.16. The second-order valence-electron chi connectivity index (χ2n) is 21.8. The van der Waals surface area contributed by atoms with E-state index < -0.39 is 64.9 Å². The molecule has 0 saturated heterocycles. The van der Waals surface area contributed by atoms with Crippen molar-refractivity contribution in [1.29, 1.82) is 10.5 Å². The number of pyridine rings is 1. The summed E-state index contributed by atoms with van der Waals surface area (Å²) in [5.41, 5.74) is 6.26. The number of aromatic carboxylic acids is 3. The van der Waals surface area contributed by atoms with Crippen molar-refractivity contribution in [3.63, 3.8) is 0 Å². The van der Waals surface area contributed by atoms with Crippen LogP contribution in [0, 0.1) is 22.7 Å². The van der Waals surface area contributed by atoms with Gasteiger partial charge in [0, 0.05) is 18.0 Å². The molecule has 8 aromatic carbocycles. The Hall–Kier alpha value is -11.0. The minimum Gasteiger partial charge on any atom is -0.478 e. The van der Waals surface area contributed by atoms with Crippen LogP contribution in [0.1, 0.15) is 114 Å². The van der Waals surface area contributed by atoms with Crippen LogP contribution in [0.5, 0.6) is 0 Å². The number of nitriles is 2. The summed E-state index contributed by atoms with van der Waals surface area (Å²) in [4.78, 5) is 38.1. The van der Waals surface area contributed by atoms with E-state index >= 15 is 0 Å². The fourth-order valence-electron chi connectivity index (χ4n) is 10.6. The van der Waals surface area contributed by atoms with Crippen LogP contribution in [-0.2, 0) is 65.8 Å². The monoisotopic (exact) mass is 1340 g/mol. The number of nitrogens with zero attached hydrogens (tertiary/aromatic N) is 7. The number of carbonyl (C=O) groups is 3. The summed E-state index contributed by atoms with van der Waals surface area (Å²) in [5, 5.41) is 57.6. The first kappa shape index (κ1) is 68.4. The van der Waals surface area contributed by atoms with Gasteiger partial charge in [-0.2, -0.15) is 23.7 Å². The second kappa shape index (κ2) is 28.9. The number of hydrogen-bond acceptors (Lipinski definition) is 15. The lowest BCUT2D eigenvalue weighted by molar-refractivity contribution is -0.137. The van der Waals surface area contributed by atoms with E-state index in [4.69, 9.17) is 0 Å². The van der Waals surface area contributed by atoms with E-state index in [1.54, 1.807) is 109 Å². The molecule has 0 bridgehead atoms. The maximum absolute atomic E-state index is 13.6. The topological polar surface area (TPSA) is 318 Å². The Morgan fingerprint density at radius 1 is 0.526 bits per heavy atom. The molecular weight excluding hydrogens is 1280 g/mol. The lowest BCUT2D eigenvalue weighted by Crippen LogP contribution is -2.12. The molecule has 0 radical (unpaired) electrons. The van der Waals surface area contributed by atoms with Gasteiger partial charge < -0.3 is 15.3 Å². The van der Waals surface area contributed by atoms with Crippen molar-refractivity contribution in [3.8, 4) is 51.2 Å². The maximum atomic E-state index is 13.6. The molecule has 2 aromatic heterocycles. The molecule has 95 heavy (non-hydrogen) atoms. The molecule has 0 aliphatic heterocycles. The molecule has 1 aliphatic rings. The van der Waals surface area contributed by atoms with Crippen LogP contribution in [0.4, 0.5) is 13.2 Å². The van der Waals surface area contributed by atoms with E-state index in [9.17, 15) is 78.7 Å². The second-order valence-corrected chi connectivity index (χ2v) is 27.7. The quantitative estimate of drug-likeness (QED) is 0.0677. The minimum absolute atomic E-state index is 0.000558. The molecule has 0 unspecified atom stereocenters. The third-order valence-corrected chi connectivity index (χ3v) is 20.6. The maximum Gasteiger partial charge on any atom is 0.416 e. The molecule has 0 amide bonds. The highest BCUT2D eigenvalue weighted by Crippen LogP contribution is 2.44. The van der Waals surface area contributed by atoms with Crippen LogP contribution in [-0.4, -0.2) is 83.7 Å². The molecule has 482 valence electrons. The Balaban J connectivity index is 0.000000168. The molecule has 1 fully saturated rings. The Morgan fingerprint density at radius 2 is 1.02 bits per heavy atom. The van der Waals surface area contributed by atoms with Crippen molar-refractivity contribution in [3.05, 3.63) is 261 Å². The molecule has 1 aliphatic carbocycles. The standard InChI is InChI=1S/C24H19F3O4S.C24H19N5O4S.C22H18N2O4S/c25-24(26,27)19-9-11-20(15-4-2-1-3-5-15)18(12-19)14-32(30,31)22-13-17(23(28)29)8-10-21(22)16-6-7-16;1-2-17-6-7-19(24(30)31)12-23(17)34(32,33)14-20-11-21(29-15-26-27-28-29)8-9-22(20)18-5-3-4-16(10-18)13-25;1-2-16-6-7-17(22(25)26)11-21(16)29(27,28)14-19-10-15(12-23)5-8-20(19)18-4-3-9-24-13-18/h1-5,8-13,16H,6-7,14H2,(H,28,29);3-12,15H,2,14H2,1H3,(H,30,31);3-11,13H,2,14H2,1H3,(H,25,26). The van der Waals surface area contributed by atoms with Crippen molar-refractivity contribution < 1.29 is 68.1 Å². The van der Waals surface area contributed by atoms with Crippen molar-refractivity contribution in [2.24, 2.45) is 0 Å². The number of hydrogen-bond donors (Lipinski definition) is 3. The van der Waals surface area contributed by atoms with Crippen LogP contribution >= 0.6 is 0 Å². The molecular formula is C70H56F3N7O12S3. The summed E-state index contributed by atoms with van der Waals surface area (Å²) in [6.07, 6.45) is 2.46. The molecule has 1 saturated carbocycles. The number of tetrazole rings is 1. The molecule has 3 N–H and O–H groups in total. The number of rotatable bonds is 19. The number of carboxylic acid groups (broad SMARTS) is 3. The van der Waals surface area contributed by atoms with Gasteiger partial charge in [0.25, 0.3) is 0 Å². The van der Waals surface area contributed by atoms with Crippen LogP contribution in [0.3, 0.4) is 0 Å². The van der Waals surface area contributed by atoms with Gasteiger partial charge in [0.15, 0.2) is 29.5 Å². The van der Waals surface area contributed by atoms with Crippen LogP contribution in [0.25, 0.3) is 39.1 Å². The summed E-state index contributed by atoms with van der Waals surface area (Å²) in [6, 6.07) is 48.5. The van der Waals surface area contributed by atoms with E-state index in [2.05, 4.69) is 26.6 Å². The number of carboxylic acids is 3. The fourth-order valence-corrected chi connectivity index (χ4v) is 15.7. The third-order valence-electron chi connectivity index (χ3n) is 15.4. The molecule has 10 aromatic rings. The molecule has 0 spiro atoms. The van der Waals surface area contributed by atoms with Gasteiger partial charge in [-0.05, 0) is 194 Å². The van der Waals surface area contributed by atoms with Crippen molar-refractivity contribution in [2.45, 2.75) is 83.6 Å². The van der Waals surface area contributed by atoms with Gasteiger partial charge in [0.1, 0.15) is 6.33 Å². The van der Waals surface area contributed by atoms with Gasteiger partial charge >= 0.3 is 24.1 Å². The van der Waals surface area contributed by atoms with E-state index in [1.807, 2.05) is 26.0 Å². The number of aryl methyl sites for hydroxylation is 2. The first-order chi connectivity index (χ1) is 45.2. The van der Waals surface area contributed by atoms with Gasteiger partial charge in [-0.25, -0.2) is 44.3 Å². The van der Waals surface area contributed by atoms with Crippen molar-refractivity contribution >= 4 is 47.4 Å². The molecule has 0 atom stereocenters. The highest BCUT2D eigenvalue weighted by atomic mass is 32.2. The zero-order chi connectivity index (χ0) is 68.4. The van der Waals surface area contributed by atoms with E-state index in [1.165, 1.54) is 65.6 Å². The fraction of sp³-hybridized carbons (Fsp3) is 0.157. The summed E-state index contributed by atoms with van der Waals surface area (Å²) in [5.74, 6) is -5.07. The zero-order valence-electron chi connectivity index (χ0n) is 50.5. The van der Waals surface area contributed by atoms with E-state index in [0.717, 1.165) is 36.6 Å². The first-order valence-electron chi connectivity index (χ1n) is 29.1. The summed E-state index contributed by atoms with van der Waals surface area (Å²) in [6.45, 7) is 3.62. The average molecular weight is 1340 g/mol.